The molecule has 0 radical (unpaired) electrons. The average Bonchev–Trinajstić information content (AvgIpc) is 3.04. The van der Waals surface area contributed by atoms with Crippen molar-refractivity contribution in [3.8, 4) is 0 Å². The minimum atomic E-state index is -3.79. The molecule has 7 nitrogen and oxygen atoms in total. The van der Waals surface area contributed by atoms with E-state index in [9.17, 15) is 18.0 Å². The number of hydrogen-bond acceptors (Lipinski definition) is 4. The number of aryl methyl sites for hydroxylation is 1. The number of nitrogens with zero attached hydrogens (tertiary/aromatic N) is 1. The van der Waals surface area contributed by atoms with E-state index in [-0.39, 0.29) is 16.3 Å². The molecule has 0 saturated heterocycles. The topological polar surface area (TPSA) is 103 Å². The van der Waals surface area contributed by atoms with Crippen LogP contribution in [0.3, 0.4) is 0 Å². The maximum Gasteiger partial charge on any atom is 0.326 e. The van der Waals surface area contributed by atoms with E-state index in [4.69, 9.17) is 0 Å². The fourth-order valence-electron chi connectivity index (χ4n) is 3.55. The number of benzene rings is 2. The number of rotatable bonds is 3. The van der Waals surface area contributed by atoms with E-state index in [1.54, 1.807) is 7.05 Å². The van der Waals surface area contributed by atoms with Gasteiger partial charge in [-0.05, 0) is 42.2 Å². The van der Waals surface area contributed by atoms with Gasteiger partial charge in [-0.15, -0.1) is 0 Å². The maximum atomic E-state index is 13.1. The first-order valence-electron chi connectivity index (χ1n) is 8.20. The minimum Gasteiger partial charge on any atom is -0.307 e. The molecule has 3 aromatic rings. The summed E-state index contributed by atoms with van der Waals surface area (Å²) in [4.78, 5) is 28.0. The van der Waals surface area contributed by atoms with Gasteiger partial charge >= 0.3 is 5.69 Å². The average molecular weight is 371 g/mol. The van der Waals surface area contributed by atoms with Crippen molar-refractivity contribution in [2.24, 2.45) is 0 Å². The van der Waals surface area contributed by atoms with Gasteiger partial charge in [-0.25, -0.2) is 13.2 Å². The Morgan fingerprint density at radius 1 is 1.08 bits per heavy atom. The Morgan fingerprint density at radius 2 is 1.85 bits per heavy atom. The highest BCUT2D eigenvalue weighted by Gasteiger charge is 2.33. The number of aromatic amines is 2. The van der Waals surface area contributed by atoms with Crippen LogP contribution in [0, 0.1) is 0 Å². The summed E-state index contributed by atoms with van der Waals surface area (Å²) >= 11 is 0. The highest BCUT2D eigenvalue weighted by molar-refractivity contribution is 7.89. The van der Waals surface area contributed by atoms with Gasteiger partial charge in [-0.2, -0.15) is 4.31 Å². The first-order chi connectivity index (χ1) is 12.4. The lowest BCUT2D eigenvalue weighted by molar-refractivity contribution is 0.374. The van der Waals surface area contributed by atoms with Crippen LogP contribution in [0.15, 0.2) is 56.9 Å². The van der Waals surface area contributed by atoms with E-state index >= 15 is 0 Å². The van der Waals surface area contributed by atoms with Crippen LogP contribution in [0.2, 0.25) is 0 Å². The SMILES string of the molecule is CN(C1CCc2ccccc21)S(=O)(=O)c1ccc2[nH]c(=O)[nH]c(=O)c2c1. The molecule has 1 unspecified atom stereocenters. The first kappa shape index (κ1) is 16.7. The van der Waals surface area contributed by atoms with E-state index in [0.29, 0.717) is 5.52 Å². The molecular weight excluding hydrogens is 354 g/mol. The summed E-state index contributed by atoms with van der Waals surface area (Å²) in [5.74, 6) is 0. The number of hydrogen-bond donors (Lipinski definition) is 2. The summed E-state index contributed by atoms with van der Waals surface area (Å²) in [5.41, 5.74) is 1.23. The highest BCUT2D eigenvalue weighted by Crippen LogP contribution is 2.37. The predicted octanol–water partition coefficient (Wildman–Crippen LogP) is 1.52. The van der Waals surface area contributed by atoms with Crippen LogP contribution < -0.4 is 11.2 Å². The van der Waals surface area contributed by atoms with Crippen molar-refractivity contribution in [3.63, 3.8) is 0 Å². The van der Waals surface area contributed by atoms with E-state index in [2.05, 4.69) is 9.97 Å². The Kier molecular flexibility index (Phi) is 3.82. The lowest BCUT2D eigenvalue weighted by Gasteiger charge is -2.25. The van der Waals surface area contributed by atoms with E-state index in [1.165, 1.54) is 22.5 Å². The minimum absolute atomic E-state index is 0.0226. The zero-order valence-corrected chi connectivity index (χ0v) is 14.8. The van der Waals surface area contributed by atoms with Crippen molar-refractivity contribution < 1.29 is 8.42 Å². The smallest absolute Gasteiger partial charge is 0.307 e. The maximum absolute atomic E-state index is 13.1. The molecule has 0 bridgehead atoms. The van der Waals surface area contributed by atoms with Crippen molar-refractivity contribution in [3.05, 3.63) is 74.4 Å². The van der Waals surface area contributed by atoms with E-state index in [1.807, 2.05) is 24.3 Å². The molecule has 8 heteroatoms. The standard InChI is InChI=1S/C18H17N3O4S/c1-21(16-9-6-11-4-2-3-5-13(11)16)26(24,25)12-7-8-15-14(10-12)17(22)20-18(23)19-15/h2-5,7-8,10,16H,6,9H2,1H3,(H2,19,20,22,23). The number of sulfonamides is 1. The van der Waals surface area contributed by atoms with Crippen LogP contribution in [0.5, 0.6) is 0 Å². The monoisotopic (exact) mass is 371 g/mol. The van der Waals surface area contributed by atoms with E-state index in [0.717, 1.165) is 24.0 Å². The van der Waals surface area contributed by atoms with Crippen LogP contribution in [0.25, 0.3) is 10.9 Å². The molecule has 26 heavy (non-hydrogen) atoms. The van der Waals surface area contributed by atoms with Crippen molar-refractivity contribution in [1.29, 1.82) is 0 Å². The molecule has 2 aromatic carbocycles. The zero-order valence-electron chi connectivity index (χ0n) is 14.0. The Labute approximate surface area is 149 Å². The van der Waals surface area contributed by atoms with Crippen LogP contribution in [-0.4, -0.2) is 29.7 Å². The van der Waals surface area contributed by atoms with Gasteiger partial charge in [0.15, 0.2) is 0 Å². The van der Waals surface area contributed by atoms with Crippen molar-refractivity contribution >= 4 is 20.9 Å². The van der Waals surface area contributed by atoms with Crippen molar-refractivity contribution in [2.75, 3.05) is 7.05 Å². The molecule has 4 rings (SSSR count). The molecule has 1 heterocycles. The number of nitrogens with one attached hydrogen (secondary N) is 2. The van der Waals surface area contributed by atoms with Gasteiger partial charge in [0.2, 0.25) is 10.0 Å². The van der Waals surface area contributed by atoms with Gasteiger partial charge in [0.25, 0.3) is 5.56 Å². The third kappa shape index (κ3) is 2.58. The summed E-state index contributed by atoms with van der Waals surface area (Å²) in [5, 5.41) is 0.130. The first-order valence-corrected chi connectivity index (χ1v) is 9.64. The lowest BCUT2D eigenvalue weighted by Crippen LogP contribution is -2.30. The van der Waals surface area contributed by atoms with Crippen molar-refractivity contribution in [2.45, 2.75) is 23.8 Å². The van der Waals surface area contributed by atoms with E-state index < -0.39 is 21.3 Å². The summed E-state index contributed by atoms with van der Waals surface area (Å²) < 4.78 is 27.5. The Morgan fingerprint density at radius 3 is 2.65 bits per heavy atom. The molecule has 0 aliphatic heterocycles. The summed E-state index contributed by atoms with van der Waals surface area (Å²) in [6.07, 6.45) is 1.55. The molecule has 1 atom stereocenters. The Balaban J connectivity index is 1.79. The van der Waals surface area contributed by atoms with Crippen LogP contribution >= 0.6 is 0 Å². The van der Waals surface area contributed by atoms with Gasteiger partial charge in [0.05, 0.1) is 21.8 Å². The molecule has 1 aliphatic rings. The van der Waals surface area contributed by atoms with Gasteiger partial charge < -0.3 is 4.98 Å². The molecule has 0 spiro atoms. The van der Waals surface area contributed by atoms with Gasteiger partial charge in [0.1, 0.15) is 0 Å². The summed E-state index contributed by atoms with van der Waals surface area (Å²) in [7, 11) is -2.24. The molecule has 2 N–H and O–H groups in total. The van der Waals surface area contributed by atoms with Crippen LogP contribution in [0.1, 0.15) is 23.6 Å². The fourth-order valence-corrected chi connectivity index (χ4v) is 4.94. The number of aromatic nitrogens is 2. The fraction of sp³-hybridized carbons (Fsp3) is 0.222. The predicted molar refractivity (Wildman–Crippen MR) is 97.6 cm³/mol. The quantitative estimate of drug-likeness (QED) is 0.728. The molecule has 134 valence electrons. The lowest BCUT2D eigenvalue weighted by atomic mass is 10.1. The second-order valence-corrected chi connectivity index (χ2v) is 8.39. The molecular formula is C18H17N3O4S. The summed E-state index contributed by atoms with van der Waals surface area (Å²) in [6.45, 7) is 0. The van der Waals surface area contributed by atoms with Gasteiger partial charge in [-0.3, -0.25) is 9.78 Å². The number of fused-ring (bicyclic) bond motifs is 2. The zero-order chi connectivity index (χ0) is 18.5. The normalized spacial score (nSPS) is 16.9. The molecule has 0 amide bonds. The second-order valence-electron chi connectivity index (χ2n) is 6.39. The molecule has 0 fully saturated rings. The Hall–Kier alpha value is -2.71. The van der Waals surface area contributed by atoms with Gasteiger partial charge in [-0.1, -0.05) is 24.3 Å². The molecule has 1 aliphatic carbocycles. The summed E-state index contributed by atoms with van der Waals surface area (Å²) in [6, 6.07) is 11.7. The number of H-pyrrole nitrogens is 2. The molecule has 1 aromatic heterocycles. The highest BCUT2D eigenvalue weighted by atomic mass is 32.2. The van der Waals surface area contributed by atoms with Crippen LogP contribution in [-0.2, 0) is 16.4 Å². The largest absolute Gasteiger partial charge is 0.326 e. The van der Waals surface area contributed by atoms with Crippen molar-refractivity contribution in [1.82, 2.24) is 14.3 Å². The third-order valence-electron chi connectivity index (χ3n) is 4.93. The third-order valence-corrected chi connectivity index (χ3v) is 6.79. The van der Waals surface area contributed by atoms with Crippen LogP contribution in [0.4, 0.5) is 0 Å². The molecule has 0 saturated carbocycles. The Bertz CT molecular complexity index is 1230. The second kappa shape index (κ2) is 5.93. The van der Waals surface area contributed by atoms with Gasteiger partial charge in [0, 0.05) is 7.05 Å².